The van der Waals surface area contributed by atoms with E-state index in [0.717, 1.165) is 91.5 Å². The molecule has 6 aromatic carbocycles. The lowest BCUT2D eigenvalue weighted by Gasteiger charge is -2.57. The largest absolute Gasteiger partial charge is 0.508 e. The smallest absolute Gasteiger partial charge is 0.373 e. The Morgan fingerprint density at radius 1 is 0.506 bits per heavy atom. The van der Waals surface area contributed by atoms with Gasteiger partial charge in [-0.1, -0.05) is 61.5 Å². The molecule has 21 heteroatoms. The summed E-state index contributed by atoms with van der Waals surface area (Å²) in [6.07, 6.45) is 17.5. The van der Waals surface area contributed by atoms with Gasteiger partial charge in [-0.2, -0.15) is 19.2 Å². The number of phenols is 3. The molecule has 430 valence electrons. The maximum Gasteiger partial charge on any atom is 0.373 e. The maximum atomic E-state index is 10.8. The Hall–Kier alpha value is -3.86. The maximum absolute atomic E-state index is 10.8. The van der Waals surface area contributed by atoms with E-state index in [2.05, 4.69) is 96.0 Å². The van der Waals surface area contributed by atoms with Gasteiger partial charge in [-0.15, -0.1) is 0 Å². The van der Waals surface area contributed by atoms with Crippen LogP contribution >= 0.6 is 0 Å². The number of aromatic hydroxyl groups is 3. The molecule has 0 unspecified atom stereocenters. The van der Waals surface area contributed by atoms with Gasteiger partial charge in [0.05, 0.1) is 13.2 Å². The Morgan fingerprint density at radius 2 is 0.951 bits per heavy atom. The molecule has 0 saturated heterocycles. The van der Waals surface area contributed by atoms with Crippen LogP contribution in [-0.4, -0.2) is 54.7 Å². The van der Waals surface area contributed by atoms with Crippen molar-refractivity contribution in [1.29, 1.82) is 0 Å². The highest BCUT2D eigenvalue weighted by Crippen LogP contribution is 2.63. The lowest BCUT2D eigenvalue weighted by molar-refractivity contribution is -0.193. The van der Waals surface area contributed by atoms with Crippen molar-refractivity contribution in [3.8, 4) is 45.3 Å². The summed E-state index contributed by atoms with van der Waals surface area (Å²) >= 11 is 9.35. The van der Waals surface area contributed by atoms with Crippen molar-refractivity contribution < 1.29 is 48.7 Å². The number of ether oxygens (including phenoxy) is 3. The zero-order valence-corrected chi connectivity index (χ0v) is 53.8. The van der Waals surface area contributed by atoms with Gasteiger partial charge in [-0.05, 0) is 217 Å². The van der Waals surface area contributed by atoms with Gasteiger partial charge in [0.2, 0.25) is 0 Å². The number of hydrogen-bond donors (Lipinski definition) is 3. The molecule has 14 rings (SSSR count). The fourth-order valence-electron chi connectivity index (χ4n) is 14.9. The van der Waals surface area contributed by atoms with E-state index in [0.29, 0.717) is 30.5 Å². The van der Waals surface area contributed by atoms with E-state index in [4.69, 9.17) is 33.4 Å². The molecule has 10 nitrogen and oxygen atoms in total. The first kappa shape index (κ1) is 63.2. The minimum absolute atomic E-state index is 0.174. The summed E-state index contributed by atoms with van der Waals surface area (Å²) in [5.74, 6) is 7.25. The summed E-state index contributed by atoms with van der Waals surface area (Å²) in [5.41, 5.74) is 8.63. The van der Waals surface area contributed by atoms with E-state index in [9.17, 15) is 15.3 Å². The molecule has 3 N–H and O–H groups in total. The van der Waals surface area contributed by atoms with Crippen molar-refractivity contribution >= 4 is 136 Å². The highest BCUT2D eigenvalue weighted by atomic mass is 33.4. The van der Waals surface area contributed by atoms with Crippen molar-refractivity contribution in [1.82, 2.24) is 0 Å². The molecule has 0 heterocycles. The number of hydrogen-bond acceptors (Lipinski definition) is 12. The van der Waals surface area contributed by atoms with E-state index in [-0.39, 0.29) is 29.9 Å². The predicted molar refractivity (Wildman–Crippen MR) is 347 cm³/mol. The molecule has 0 aromatic heterocycles. The third-order valence-electron chi connectivity index (χ3n) is 17.1. The molecule has 81 heavy (non-hydrogen) atoms. The summed E-state index contributed by atoms with van der Waals surface area (Å²) in [5, 5.41) is 35.7. The zero-order chi connectivity index (χ0) is 57.4. The number of fused-ring (bicyclic) bond motifs is 2. The third kappa shape index (κ3) is 16.1. The van der Waals surface area contributed by atoms with Crippen LogP contribution in [0.3, 0.4) is 0 Å². The van der Waals surface area contributed by atoms with Crippen molar-refractivity contribution in [3.63, 3.8) is 0 Å². The number of aryl methyl sites for hydroxylation is 1. The van der Waals surface area contributed by atoms with Crippen LogP contribution in [0.15, 0.2) is 103 Å². The lowest BCUT2D eigenvalue weighted by Crippen LogP contribution is -2.48. The van der Waals surface area contributed by atoms with Crippen LogP contribution < -0.4 is 4.74 Å². The Morgan fingerprint density at radius 3 is 1.46 bits per heavy atom. The Labute approximate surface area is 509 Å². The number of benzene rings is 6. The van der Waals surface area contributed by atoms with Gasteiger partial charge in [-0.3, -0.25) is 0 Å². The number of phenolic OH excluding ortho intramolecular Hbond substituents is 3. The molecule has 0 spiro atoms. The molecule has 8 fully saturated rings. The van der Waals surface area contributed by atoms with E-state index >= 15 is 0 Å². The van der Waals surface area contributed by atoms with Crippen LogP contribution in [0.4, 0.5) is 0 Å². The molecular formula is C60H64O10S11. The topological polar surface area (TPSA) is 157 Å². The average molecular weight is 1300 g/mol. The lowest BCUT2D eigenvalue weighted by atomic mass is 9.48. The van der Waals surface area contributed by atoms with Gasteiger partial charge >= 0.3 is 12.3 Å². The van der Waals surface area contributed by atoms with E-state index in [1.807, 2.05) is 30.3 Å². The first-order chi connectivity index (χ1) is 39.4. The van der Waals surface area contributed by atoms with Crippen LogP contribution in [0.1, 0.15) is 101 Å². The van der Waals surface area contributed by atoms with Gasteiger partial charge in [0, 0.05) is 131 Å². The predicted octanol–water partition coefficient (Wildman–Crippen LogP) is 12.4. The molecule has 8 saturated carbocycles. The summed E-state index contributed by atoms with van der Waals surface area (Å²) in [6.45, 7) is 3.46. The molecule has 8 aliphatic carbocycles. The first-order valence-corrected chi connectivity index (χ1v) is 40.1. The Kier molecular flexibility index (Phi) is 24.0. The summed E-state index contributed by atoms with van der Waals surface area (Å²) in [7, 11) is 16.2. The van der Waals surface area contributed by atoms with Gasteiger partial charge in [0.25, 0.3) is 0 Å². The van der Waals surface area contributed by atoms with Crippen LogP contribution in [-0.2, 0) is 148 Å². The standard InChI is InChI=1S/C32H38O4.C26H26O2.2CO2.S11/c1-3-21-13-27-5-4-25(15-28(27)30(33)14-21)26-6-7-31(36-20-35-9-8-34-2)29(16-26)32-17-22-10-23(18-32)12-24(11-22)19-32;27-24-3-1-2-19-4-5-20(11-22(19)24)21-6-7-25(28)23(12-21)26-13-16-8-17(14-26)10-18(9-16)15-26;2*2-1-3;1-3-5-7-9-11-10-8-6-4-2/h4-7,13-16,22-24,33H,3,8-12,17-20H2,1-2H3;1-7,11-12,16-18,27-28H,8-10,13-15H2;;;. The molecule has 6 aromatic rings. The second-order valence-corrected chi connectivity index (χ2v) is 37.8. The zero-order valence-electron chi connectivity index (χ0n) is 44.8. The molecule has 8 bridgehead atoms. The second kappa shape index (κ2) is 30.8. The minimum Gasteiger partial charge on any atom is -0.508 e. The minimum atomic E-state index is 0.174. The average Bonchev–Trinajstić information content (AvgIpc) is 3.55. The molecular weight excluding hydrogens is 1230 g/mol. The third-order valence-corrected chi connectivity index (χ3v) is 34.9. The van der Waals surface area contributed by atoms with E-state index < -0.39 is 0 Å². The normalized spacial score (nSPS) is 23.6. The van der Waals surface area contributed by atoms with Crippen molar-refractivity contribution in [2.75, 3.05) is 27.1 Å². The van der Waals surface area contributed by atoms with Crippen LogP contribution in [0, 0.1) is 35.5 Å². The van der Waals surface area contributed by atoms with Gasteiger partial charge < -0.3 is 29.5 Å². The van der Waals surface area contributed by atoms with Crippen LogP contribution in [0.5, 0.6) is 23.0 Å². The quantitative estimate of drug-likeness (QED) is 0.0835. The molecule has 8 aliphatic rings. The van der Waals surface area contributed by atoms with E-state index in [1.54, 1.807) is 75.3 Å². The highest BCUT2D eigenvalue weighted by molar-refractivity contribution is 8.74. The number of methoxy groups -OCH3 is 1. The van der Waals surface area contributed by atoms with Crippen molar-refractivity contribution in [3.05, 3.63) is 120 Å². The summed E-state index contributed by atoms with van der Waals surface area (Å²) in [6, 6.07) is 35.3. The van der Waals surface area contributed by atoms with Crippen LogP contribution in [0.2, 0.25) is 0 Å². The molecule has 0 amide bonds. The van der Waals surface area contributed by atoms with Crippen molar-refractivity contribution in [2.45, 2.75) is 101 Å². The first-order valence-electron chi connectivity index (χ1n) is 26.8. The van der Waals surface area contributed by atoms with Crippen molar-refractivity contribution in [2.24, 2.45) is 35.5 Å². The summed E-state index contributed by atoms with van der Waals surface area (Å²) < 4.78 is 17.0. The number of carbonyl (C=O) groups excluding carboxylic acids is 4. The second-order valence-electron chi connectivity index (χ2n) is 21.9. The van der Waals surface area contributed by atoms with Gasteiger partial charge in [-0.25, -0.2) is 0 Å². The van der Waals surface area contributed by atoms with Crippen LogP contribution in [0.25, 0.3) is 43.8 Å². The van der Waals surface area contributed by atoms with E-state index in [1.165, 1.54) is 112 Å². The fraction of sp³-hybridized carbons (Fsp3) is 0.433. The monoisotopic (exact) mass is 1300 g/mol. The highest BCUT2D eigenvalue weighted by Gasteiger charge is 2.54. The molecule has 0 radical (unpaired) electrons. The van der Waals surface area contributed by atoms with Gasteiger partial charge in [0.1, 0.15) is 23.0 Å². The van der Waals surface area contributed by atoms with Gasteiger partial charge in [0.15, 0.2) is 6.79 Å². The molecule has 0 atom stereocenters. The SMILES string of the molecule is CCc1cc(O)c2cc(-c3ccc(OCOCCOC)c(C45CC6CC(CC(C6)C4)C5)c3)ccc2c1.O=C=O.O=C=O.Oc1ccc(-c2ccc3cccc(O)c3c2)cc1C12CC3CC(CC(C3)C1)C2.S=S=S=S=S=S=S=S=S=S=S. The molecule has 0 aliphatic heterocycles. The Balaban J connectivity index is 0.000000169. The fourth-order valence-corrected chi connectivity index (χ4v) is 34.1. The Bertz CT molecular complexity index is 3600. The number of rotatable bonds is 11. The summed E-state index contributed by atoms with van der Waals surface area (Å²) in [4.78, 5) is 32.5.